The average Bonchev–Trinajstić information content (AvgIpc) is 2.14. The standard InChI is InChI=1S/C13H19NO2/c1-13(2,3)8-9-5-4-6-10(7-9)11(15)12(14)16/h4-7,11,15H,8H2,1-3H3,(H2,14,16). The fourth-order valence-corrected chi connectivity index (χ4v) is 1.65. The Morgan fingerprint density at radius 2 is 2.06 bits per heavy atom. The zero-order valence-electron chi connectivity index (χ0n) is 10.0. The third-order valence-electron chi connectivity index (χ3n) is 2.27. The molecule has 0 bridgehead atoms. The summed E-state index contributed by atoms with van der Waals surface area (Å²) >= 11 is 0. The molecule has 3 heteroatoms. The molecule has 16 heavy (non-hydrogen) atoms. The van der Waals surface area contributed by atoms with Gasteiger partial charge in [0.1, 0.15) is 0 Å². The zero-order valence-corrected chi connectivity index (χ0v) is 10.0. The van der Waals surface area contributed by atoms with Gasteiger partial charge in [-0.25, -0.2) is 0 Å². The lowest BCUT2D eigenvalue weighted by molar-refractivity contribution is -0.126. The van der Waals surface area contributed by atoms with Crippen LogP contribution >= 0.6 is 0 Å². The van der Waals surface area contributed by atoms with E-state index in [0.717, 1.165) is 12.0 Å². The van der Waals surface area contributed by atoms with E-state index in [1.165, 1.54) is 0 Å². The van der Waals surface area contributed by atoms with Gasteiger partial charge in [-0.2, -0.15) is 0 Å². The van der Waals surface area contributed by atoms with Crippen LogP contribution in [0.3, 0.4) is 0 Å². The number of aliphatic hydroxyl groups excluding tert-OH is 1. The Balaban J connectivity index is 2.91. The van der Waals surface area contributed by atoms with E-state index >= 15 is 0 Å². The summed E-state index contributed by atoms with van der Waals surface area (Å²) < 4.78 is 0. The highest BCUT2D eigenvalue weighted by atomic mass is 16.3. The summed E-state index contributed by atoms with van der Waals surface area (Å²) in [6.07, 6.45) is -0.313. The molecule has 1 aromatic rings. The third kappa shape index (κ3) is 3.66. The average molecular weight is 221 g/mol. The molecular formula is C13H19NO2. The lowest BCUT2D eigenvalue weighted by Gasteiger charge is -2.19. The Morgan fingerprint density at radius 3 is 2.56 bits per heavy atom. The fraction of sp³-hybridized carbons (Fsp3) is 0.462. The number of amides is 1. The molecule has 0 radical (unpaired) electrons. The lowest BCUT2D eigenvalue weighted by atomic mass is 9.87. The Bertz CT molecular complexity index is 380. The fourth-order valence-electron chi connectivity index (χ4n) is 1.65. The van der Waals surface area contributed by atoms with Crippen molar-refractivity contribution in [3.05, 3.63) is 35.4 Å². The minimum absolute atomic E-state index is 0.177. The van der Waals surface area contributed by atoms with Crippen molar-refractivity contribution in [2.24, 2.45) is 11.1 Å². The largest absolute Gasteiger partial charge is 0.378 e. The second kappa shape index (κ2) is 4.66. The predicted octanol–water partition coefficient (Wildman–Crippen LogP) is 1.79. The molecule has 0 heterocycles. The van der Waals surface area contributed by atoms with Crippen molar-refractivity contribution in [3.8, 4) is 0 Å². The van der Waals surface area contributed by atoms with E-state index in [1.807, 2.05) is 18.2 Å². The monoisotopic (exact) mass is 221 g/mol. The van der Waals surface area contributed by atoms with Crippen LogP contribution < -0.4 is 5.73 Å². The van der Waals surface area contributed by atoms with Gasteiger partial charge in [-0.3, -0.25) is 4.79 Å². The molecule has 0 aliphatic carbocycles. The first kappa shape index (κ1) is 12.7. The van der Waals surface area contributed by atoms with Gasteiger partial charge < -0.3 is 10.8 Å². The Kier molecular flexibility index (Phi) is 3.70. The summed E-state index contributed by atoms with van der Waals surface area (Å²) in [5.41, 5.74) is 6.90. The van der Waals surface area contributed by atoms with E-state index in [9.17, 15) is 9.90 Å². The van der Waals surface area contributed by atoms with Gasteiger partial charge >= 0.3 is 0 Å². The maximum Gasteiger partial charge on any atom is 0.250 e. The van der Waals surface area contributed by atoms with E-state index in [0.29, 0.717) is 5.56 Å². The predicted molar refractivity (Wildman–Crippen MR) is 63.8 cm³/mol. The molecule has 0 fully saturated rings. The van der Waals surface area contributed by atoms with Gasteiger partial charge in [-0.15, -0.1) is 0 Å². The van der Waals surface area contributed by atoms with Gasteiger partial charge in [-0.05, 0) is 23.0 Å². The molecule has 3 nitrogen and oxygen atoms in total. The van der Waals surface area contributed by atoms with Crippen LogP contribution in [-0.2, 0) is 11.2 Å². The topological polar surface area (TPSA) is 63.3 Å². The molecule has 0 aliphatic rings. The van der Waals surface area contributed by atoms with Gasteiger partial charge in [0.25, 0.3) is 5.91 Å². The number of hydrogen-bond donors (Lipinski definition) is 2. The Labute approximate surface area is 96.3 Å². The second-order valence-corrected chi connectivity index (χ2v) is 5.29. The summed E-state index contributed by atoms with van der Waals surface area (Å²) in [6.45, 7) is 6.43. The molecule has 3 N–H and O–H groups in total. The minimum Gasteiger partial charge on any atom is -0.378 e. The number of primary amides is 1. The van der Waals surface area contributed by atoms with Crippen LogP contribution in [0.2, 0.25) is 0 Å². The molecule has 0 spiro atoms. The number of aliphatic hydroxyl groups is 1. The van der Waals surface area contributed by atoms with E-state index in [-0.39, 0.29) is 5.41 Å². The van der Waals surface area contributed by atoms with Crippen molar-refractivity contribution in [2.45, 2.75) is 33.3 Å². The first-order valence-electron chi connectivity index (χ1n) is 5.36. The van der Waals surface area contributed by atoms with Crippen molar-refractivity contribution in [1.82, 2.24) is 0 Å². The van der Waals surface area contributed by atoms with Gasteiger partial charge in [0, 0.05) is 0 Å². The van der Waals surface area contributed by atoms with Gasteiger partial charge in [-0.1, -0.05) is 45.0 Å². The van der Waals surface area contributed by atoms with Crippen molar-refractivity contribution in [3.63, 3.8) is 0 Å². The normalized spacial score (nSPS) is 13.5. The van der Waals surface area contributed by atoms with Gasteiger partial charge in [0.15, 0.2) is 6.10 Å². The highest BCUT2D eigenvalue weighted by molar-refractivity contribution is 5.80. The maximum atomic E-state index is 10.9. The SMILES string of the molecule is CC(C)(C)Cc1cccc(C(O)C(N)=O)c1. The molecule has 1 rings (SSSR count). The number of carbonyl (C=O) groups is 1. The second-order valence-electron chi connectivity index (χ2n) is 5.29. The first-order valence-corrected chi connectivity index (χ1v) is 5.36. The minimum atomic E-state index is -1.21. The summed E-state index contributed by atoms with van der Waals surface area (Å²) in [5, 5.41) is 9.55. The molecule has 0 aromatic heterocycles. The molecule has 1 amide bonds. The van der Waals surface area contributed by atoms with Crippen LogP contribution in [0.4, 0.5) is 0 Å². The smallest absolute Gasteiger partial charge is 0.250 e. The molecule has 1 aromatic carbocycles. The lowest BCUT2D eigenvalue weighted by Crippen LogP contribution is -2.21. The van der Waals surface area contributed by atoms with Crippen LogP contribution in [-0.4, -0.2) is 11.0 Å². The van der Waals surface area contributed by atoms with Crippen LogP contribution in [0.1, 0.15) is 38.0 Å². The van der Waals surface area contributed by atoms with Gasteiger partial charge in [0.2, 0.25) is 0 Å². The number of rotatable bonds is 3. The van der Waals surface area contributed by atoms with Crippen molar-refractivity contribution in [2.75, 3.05) is 0 Å². The number of nitrogens with two attached hydrogens (primary N) is 1. The first-order chi connectivity index (χ1) is 7.29. The Hall–Kier alpha value is -1.35. The van der Waals surface area contributed by atoms with Crippen molar-refractivity contribution in [1.29, 1.82) is 0 Å². The molecular weight excluding hydrogens is 202 g/mol. The van der Waals surface area contributed by atoms with Gasteiger partial charge in [0.05, 0.1) is 0 Å². The van der Waals surface area contributed by atoms with E-state index < -0.39 is 12.0 Å². The maximum absolute atomic E-state index is 10.9. The van der Waals surface area contributed by atoms with Crippen molar-refractivity contribution >= 4 is 5.91 Å². The highest BCUT2D eigenvalue weighted by Gasteiger charge is 2.16. The number of benzene rings is 1. The number of hydrogen-bond acceptors (Lipinski definition) is 2. The van der Waals surface area contributed by atoms with Crippen molar-refractivity contribution < 1.29 is 9.90 Å². The van der Waals surface area contributed by atoms with Crippen LogP contribution in [0.5, 0.6) is 0 Å². The molecule has 0 saturated carbocycles. The van der Waals surface area contributed by atoms with Crippen LogP contribution in [0.25, 0.3) is 0 Å². The summed E-state index contributed by atoms with van der Waals surface area (Å²) in [5.74, 6) is -0.715. The third-order valence-corrected chi connectivity index (χ3v) is 2.27. The highest BCUT2D eigenvalue weighted by Crippen LogP contribution is 2.22. The zero-order chi connectivity index (χ0) is 12.3. The molecule has 0 aliphatic heterocycles. The summed E-state index contributed by atoms with van der Waals surface area (Å²) in [4.78, 5) is 10.9. The summed E-state index contributed by atoms with van der Waals surface area (Å²) in [7, 11) is 0. The molecule has 0 saturated heterocycles. The Morgan fingerprint density at radius 1 is 1.44 bits per heavy atom. The molecule has 1 atom stereocenters. The molecule has 1 unspecified atom stereocenters. The van der Waals surface area contributed by atoms with E-state index in [1.54, 1.807) is 6.07 Å². The van der Waals surface area contributed by atoms with E-state index in [4.69, 9.17) is 5.73 Å². The quantitative estimate of drug-likeness (QED) is 0.817. The summed E-state index contributed by atoms with van der Waals surface area (Å²) in [6, 6.07) is 7.37. The van der Waals surface area contributed by atoms with E-state index in [2.05, 4.69) is 20.8 Å². The number of carbonyl (C=O) groups excluding carboxylic acids is 1. The van der Waals surface area contributed by atoms with Crippen LogP contribution in [0, 0.1) is 5.41 Å². The van der Waals surface area contributed by atoms with Crippen LogP contribution in [0.15, 0.2) is 24.3 Å². The molecule has 88 valence electrons.